The second-order valence-electron chi connectivity index (χ2n) is 3.88. The van der Waals surface area contributed by atoms with Crippen molar-refractivity contribution >= 4 is 29.2 Å². The van der Waals surface area contributed by atoms with Crippen molar-refractivity contribution in [3.63, 3.8) is 0 Å². The van der Waals surface area contributed by atoms with Crippen LogP contribution in [0.4, 0.5) is 19.0 Å². The maximum absolute atomic E-state index is 12.5. The van der Waals surface area contributed by atoms with Crippen LogP contribution in [0.2, 0.25) is 5.15 Å². The van der Waals surface area contributed by atoms with E-state index in [1.807, 2.05) is 6.26 Å². The number of aromatic nitrogens is 2. The number of nitrogens with zero attached hydrogens (tertiary/aromatic N) is 2. The lowest BCUT2D eigenvalue weighted by Crippen LogP contribution is -2.13. The number of thioether (sulfide) groups is 1. The van der Waals surface area contributed by atoms with Crippen LogP contribution in [-0.2, 0) is 6.18 Å². The topological polar surface area (TPSA) is 37.8 Å². The molecule has 19 heavy (non-hydrogen) atoms. The van der Waals surface area contributed by atoms with Crippen LogP contribution >= 0.6 is 23.4 Å². The van der Waals surface area contributed by atoms with Gasteiger partial charge in [0.05, 0.1) is 0 Å². The van der Waals surface area contributed by atoms with E-state index in [0.717, 1.165) is 25.0 Å². The average Bonchev–Trinajstić information content (AvgIpc) is 2.32. The number of alkyl halides is 3. The molecule has 0 unspecified atom stereocenters. The first-order valence-electron chi connectivity index (χ1n) is 5.78. The van der Waals surface area contributed by atoms with Gasteiger partial charge in [0.2, 0.25) is 5.82 Å². The van der Waals surface area contributed by atoms with Crippen LogP contribution in [0.5, 0.6) is 0 Å². The molecule has 1 aromatic heterocycles. The van der Waals surface area contributed by atoms with Crippen LogP contribution < -0.4 is 5.32 Å². The molecule has 0 aromatic carbocycles. The minimum absolute atomic E-state index is 0.109. The Morgan fingerprint density at radius 1 is 1.26 bits per heavy atom. The van der Waals surface area contributed by atoms with E-state index in [1.165, 1.54) is 6.07 Å². The molecule has 8 heteroatoms. The summed E-state index contributed by atoms with van der Waals surface area (Å²) in [6.07, 6.45) is 0.461. The molecule has 0 aliphatic heterocycles. The summed E-state index contributed by atoms with van der Waals surface area (Å²) in [5.41, 5.74) is 0. The van der Waals surface area contributed by atoms with E-state index in [2.05, 4.69) is 15.3 Å². The third-order valence-electron chi connectivity index (χ3n) is 2.28. The zero-order valence-corrected chi connectivity index (χ0v) is 12.0. The lowest BCUT2D eigenvalue weighted by atomic mass is 10.2. The van der Waals surface area contributed by atoms with Gasteiger partial charge in [-0.2, -0.15) is 24.9 Å². The molecule has 0 fully saturated rings. The second-order valence-corrected chi connectivity index (χ2v) is 5.25. The highest BCUT2D eigenvalue weighted by molar-refractivity contribution is 7.98. The molecule has 1 heterocycles. The van der Waals surface area contributed by atoms with Gasteiger partial charge in [-0.05, 0) is 24.9 Å². The fraction of sp³-hybridized carbons (Fsp3) is 0.636. The predicted molar refractivity (Wildman–Crippen MR) is 72.8 cm³/mol. The lowest BCUT2D eigenvalue weighted by Gasteiger charge is -2.09. The van der Waals surface area contributed by atoms with Crippen molar-refractivity contribution in [1.29, 1.82) is 0 Å². The lowest BCUT2D eigenvalue weighted by molar-refractivity contribution is -0.144. The van der Waals surface area contributed by atoms with E-state index in [0.29, 0.717) is 6.54 Å². The summed E-state index contributed by atoms with van der Waals surface area (Å²) in [6, 6.07) is 1.29. The van der Waals surface area contributed by atoms with E-state index < -0.39 is 12.0 Å². The first kappa shape index (κ1) is 16.4. The molecular formula is C11H15ClF3N3S. The molecule has 0 saturated heterocycles. The van der Waals surface area contributed by atoms with E-state index in [-0.39, 0.29) is 11.0 Å². The number of nitrogens with one attached hydrogen (secondary N) is 1. The van der Waals surface area contributed by atoms with Crippen LogP contribution in [0.25, 0.3) is 0 Å². The Balaban J connectivity index is 2.48. The second kappa shape index (κ2) is 7.79. The summed E-state index contributed by atoms with van der Waals surface area (Å²) in [6.45, 7) is 0.568. The van der Waals surface area contributed by atoms with E-state index in [4.69, 9.17) is 11.6 Å². The Bertz CT molecular complexity index is 401. The SMILES string of the molecule is CSCCCCCNc1cc(Cl)nc(C(F)(F)F)n1. The van der Waals surface area contributed by atoms with E-state index in [9.17, 15) is 13.2 Å². The molecule has 0 atom stereocenters. The maximum Gasteiger partial charge on any atom is 0.451 e. The van der Waals surface area contributed by atoms with Crippen LogP contribution in [0, 0.1) is 0 Å². The highest BCUT2D eigenvalue weighted by Crippen LogP contribution is 2.28. The summed E-state index contributed by atoms with van der Waals surface area (Å²) in [5.74, 6) is -0.0144. The van der Waals surface area contributed by atoms with Crippen LogP contribution in [-0.4, -0.2) is 28.5 Å². The van der Waals surface area contributed by atoms with Gasteiger partial charge in [0.25, 0.3) is 0 Å². The third kappa shape index (κ3) is 6.33. The Morgan fingerprint density at radius 3 is 2.63 bits per heavy atom. The molecule has 0 spiro atoms. The van der Waals surface area contributed by atoms with E-state index in [1.54, 1.807) is 11.8 Å². The summed E-state index contributed by atoms with van der Waals surface area (Å²) >= 11 is 7.32. The number of hydrogen-bond acceptors (Lipinski definition) is 4. The monoisotopic (exact) mass is 313 g/mol. The van der Waals surface area contributed by atoms with Gasteiger partial charge in [-0.25, -0.2) is 9.97 Å². The average molecular weight is 314 g/mol. The fourth-order valence-corrected chi connectivity index (χ4v) is 2.08. The Kier molecular flexibility index (Phi) is 6.71. The molecular weight excluding hydrogens is 299 g/mol. The van der Waals surface area contributed by atoms with Gasteiger partial charge in [-0.1, -0.05) is 18.0 Å². The van der Waals surface area contributed by atoms with Gasteiger partial charge >= 0.3 is 6.18 Å². The first-order chi connectivity index (χ1) is 8.93. The molecule has 0 saturated carbocycles. The van der Waals surface area contributed by atoms with Crippen molar-refractivity contribution in [3.8, 4) is 0 Å². The Morgan fingerprint density at radius 2 is 2.00 bits per heavy atom. The van der Waals surface area contributed by atoms with Gasteiger partial charge in [0.15, 0.2) is 0 Å². The summed E-state index contributed by atoms with van der Waals surface area (Å²) in [7, 11) is 0. The van der Waals surface area contributed by atoms with E-state index >= 15 is 0 Å². The van der Waals surface area contributed by atoms with Crippen molar-refractivity contribution in [3.05, 3.63) is 17.0 Å². The standard InChI is InChI=1S/C11H15ClF3N3S/c1-19-6-4-2-3-5-16-9-7-8(12)17-10(18-9)11(13,14)15/h7H,2-6H2,1H3,(H,16,17,18). The third-order valence-corrected chi connectivity index (χ3v) is 3.17. The first-order valence-corrected chi connectivity index (χ1v) is 7.55. The highest BCUT2D eigenvalue weighted by Gasteiger charge is 2.35. The maximum atomic E-state index is 12.5. The van der Waals surface area contributed by atoms with Crippen molar-refractivity contribution < 1.29 is 13.2 Å². The fourth-order valence-electron chi connectivity index (χ4n) is 1.40. The van der Waals surface area contributed by atoms with Crippen LogP contribution in [0.15, 0.2) is 6.07 Å². The zero-order chi connectivity index (χ0) is 14.3. The number of unbranched alkanes of at least 4 members (excludes halogenated alkanes) is 2. The largest absolute Gasteiger partial charge is 0.451 e. The van der Waals surface area contributed by atoms with Crippen molar-refractivity contribution in [2.24, 2.45) is 0 Å². The molecule has 0 bridgehead atoms. The summed E-state index contributed by atoms with van der Waals surface area (Å²) in [5, 5.41) is 2.62. The Hall–Kier alpha value is -0.690. The molecule has 1 N–H and O–H groups in total. The Labute approximate surface area is 119 Å². The van der Waals surface area contributed by atoms with Crippen LogP contribution in [0.3, 0.4) is 0 Å². The quantitative estimate of drug-likeness (QED) is 0.607. The molecule has 1 rings (SSSR count). The van der Waals surface area contributed by atoms with Crippen LogP contribution in [0.1, 0.15) is 25.1 Å². The zero-order valence-electron chi connectivity index (χ0n) is 10.4. The van der Waals surface area contributed by atoms with Gasteiger partial charge < -0.3 is 5.32 Å². The normalized spacial score (nSPS) is 11.6. The van der Waals surface area contributed by atoms with Crippen molar-refractivity contribution in [2.75, 3.05) is 23.9 Å². The molecule has 108 valence electrons. The molecule has 0 aliphatic carbocycles. The van der Waals surface area contributed by atoms with Crippen molar-refractivity contribution in [1.82, 2.24) is 9.97 Å². The number of hydrogen-bond donors (Lipinski definition) is 1. The van der Waals surface area contributed by atoms with Gasteiger partial charge in [-0.15, -0.1) is 0 Å². The van der Waals surface area contributed by atoms with Gasteiger partial charge in [0, 0.05) is 12.6 Å². The number of halogens is 4. The number of anilines is 1. The number of rotatable bonds is 7. The smallest absolute Gasteiger partial charge is 0.370 e. The molecule has 3 nitrogen and oxygen atoms in total. The molecule has 0 radical (unpaired) electrons. The minimum atomic E-state index is -4.58. The molecule has 0 aliphatic rings. The minimum Gasteiger partial charge on any atom is -0.370 e. The molecule has 0 amide bonds. The summed E-state index contributed by atoms with van der Waals surface area (Å²) in [4.78, 5) is 6.56. The summed E-state index contributed by atoms with van der Waals surface area (Å²) < 4.78 is 37.4. The molecule has 1 aromatic rings. The van der Waals surface area contributed by atoms with Crippen molar-refractivity contribution in [2.45, 2.75) is 25.4 Å². The van der Waals surface area contributed by atoms with Gasteiger partial charge in [0.1, 0.15) is 11.0 Å². The predicted octanol–water partition coefficient (Wildman–Crippen LogP) is 4.09. The highest BCUT2D eigenvalue weighted by atomic mass is 35.5. The van der Waals surface area contributed by atoms with Gasteiger partial charge in [-0.3, -0.25) is 0 Å².